The molecular weight excluding hydrogens is 462 g/mol. The molecule has 0 amide bonds. The van der Waals surface area contributed by atoms with Crippen molar-refractivity contribution in [2.24, 2.45) is 5.41 Å². The second kappa shape index (κ2) is 8.08. The number of rotatable bonds is 4. The Hall–Kier alpha value is -2.48. The summed E-state index contributed by atoms with van der Waals surface area (Å²) < 4.78 is 34.7. The van der Waals surface area contributed by atoms with Crippen molar-refractivity contribution < 1.29 is 22.7 Å². The summed E-state index contributed by atoms with van der Waals surface area (Å²) in [6, 6.07) is 12.3. The number of sulfonamides is 1. The molecule has 4 rings (SSSR count). The Morgan fingerprint density at radius 3 is 2.27 bits per heavy atom. The third kappa shape index (κ3) is 4.14. The minimum atomic E-state index is -4.00. The zero-order valence-electron chi connectivity index (χ0n) is 19.0. The predicted octanol–water partition coefficient (Wildman–Crippen LogP) is 4.62. The molecule has 0 saturated carbocycles. The van der Waals surface area contributed by atoms with Gasteiger partial charge in [0.2, 0.25) is 10.0 Å². The van der Waals surface area contributed by atoms with E-state index in [1.54, 1.807) is 69.3 Å². The Labute approximate surface area is 199 Å². The number of carbonyl (C=O) groups is 2. The highest BCUT2D eigenvalue weighted by molar-refractivity contribution is 7.89. The molecule has 0 unspecified atom stereocenters. The summed E-state index contributed by atoms with van der Waals surface area (Å²) in [5, 5.41) is 0.481. The number of nitrogens with zero attached hydrogens (tertiary/aromatic N) is 1. The largest absolute Gasteiger partial charge is 0.459 e. The normalized spacial score (nSPS) is 23.4. The first kappa shape index (κ1) is 23.7. The second-order valence-corrected chi connectivity index (χ2v) is 11.9. The van der Waals surface area contributed by atoms with Crippen LogP contribution in [0.5, 0.6) is 0 Å². The molecule has 1 aliphatic carbocycles. The van der Waals surface area contributed by atoms with Crippen LogP contribution in [-0.4, -0.2) is 36.6 Å². The summed E-state index contributed by atoms with van der Waals surface area (Å²) >= 11 is 6.09. The topological polar surface area (TPSA) is 80.8 Å². The number of hydrogen-bond acceptors (Lipinski definition) is 5. The number of aryl methyl sites for hydroxylation is 1. The molecule has 0 aromatic heterocycles. The molecule has 2 atom stereocenters. The second-order valence-electron chi connectivity index (χ2n) is 9.60. The summed E-state index contributed by atoms with van der Waals surface area (Å²) in [4.78, 5) is 26.3. The van der Waals surface area contributed by atoms with Crippen LogP contribution in [0.3, 0.4) is 0 Å². The van der Waals surface area contributed by atoms with Gasteiger partial charge in [-0.25, -0.2) is 8.42 Å². The van der Waals surface area contributed by atoms with E-state index in [0.717, 1.165) is 5.56 Å². The monoisotopic (exact) mass is 487 g/mol. The first-order chi connectivity index (χ1) is 15.3. The Morgan fingerprint density at radius 1 is 1.09 bits per heavy atom. The van der Waals surface area contributed by atoms with E-state index in [4.69, 9.17) is 16.3 Å². The van der Waals surface area contributed by atoms with E-state index in [0.29, 0.717) is 16.2 Å². The average Bonchev–Trinajstić information content (AvgIpc) is 3.20. The van der Waals surface area contributed by atoms with E-state index in [1.807, 2.05) is 6.92 Å². The van der Waals surface area contributed by atoms with E-state index < -0.39 is 33.1 Å². The lowest BCUT2D eigenvalue weighted by atomic mass is 9.74. The minimum absolute atomic E-state index is 0.0749. The number of fused-ring (bicyclic) bond motifs is 1. The zero-order chi connectivity index (χ0) is 24.2. The molecule has 2 aromatic carbocycles. The summed E-state index contributed by atoms with van der Waals surface area (Å²) in [6.07, 6.45) is 1.25. The van der Waals surface area contributed by atoms with E-state index in [-0.39, 0.29) is 23.6 Å². The molecule has 0 radical (unpaired) electrons. The summed E-state index contributed by atoms with van der Waals surface area (Å²) in [5.41, 5.74) is -0.289. The summed E-state index contributed by atoms with van der Waals surface area (Å²) in [6.45, 7) is 7.04. The number of ether oxygens (including phenoxy) is 1. The molecule has 2 aromatic rings. The van der Waals surface area contributed by atoms with Crippen LogP contribution in [0, 0.1) is 12.3 Å². The van der Waals surface area contributed by atoms with E-state index in [9.17, 15) is 18.0 Å². The fourth-order valence-corrected chi connectivity index (χ4v) is 6.34. The van der Waals surface area contributed by atoms with Crippen LogP contribution in [0.1, 0.15) is 44.4 Å². The SMILES string of the molecule is Cc1ccc(S(=O)(=O)N2CC3=CC(=O)C[C@]3(C(=O)OC(C)(C)C)[C@@H]2c2ccc(Cl)cc2)cc1. The molecule has 8 heteroatoms. The lowest BCUT2D eigenvalue weighted by Gasteiger charge is -2.36. The molecular formula is C25H26ClNO5S. The number of ketones is 1. The molecule has 0 N–H and O–H groups in total. The lowest BCUT2D eigenvalue weighted by molar-refractivity contribution is -0.167. The fourth-order valence-electron chi connectivity index (χ4n) is 4.58. The molecule has 33 heavy (non-hydrogen) atoms. The van der Waals surface area contributed by atoms with Crippen LogP contribution in [-0.2, 0) is 24.3 Å². The summed E-state index contributed by atoms with van der Waals surface area (Å²) in [7, 11) is -4.00. The summed E-state index contributed by atoms with van der Waals surface area (Å²) in [5.74, 6) is -0.823. The van der Waals surface area contributed by atoms with Gasteiger partial charge in [0.15, 0.2) is 5.78 Å². The maximum atomic E-state index is 13.8. The standard InChI is InChI=1S/C25H26ClNO5S/c1-16-5-11-21(12-6-16)33(30,31)27-15-18-13-20(28)14-25(18,23(29)32-24(2,3)4)22(27)17-7-9-19(26)10-8-17/h5-13,22H,14-15H2,1-4H3/t22-,25+/m0/s1. The third-order valence-electron chi connectivity index (χ3n) is 6.02. The van der Waals surface area contributed by atoms with E-state index in [1.165, 1.54) is 10.4 Å². The fraction of sp³-hybridized carbons (Fsp3) is 0.360. The van der Waals surface area contributed by atoms with Gasteiger partial charge in [0.05, 0.1) is 10.9 Å². The van der Waals surface area contributed by atoms with Crippen LogP contribution in [0.2, 0.25) is 5.02 Å². The van der Waals surface area contributed by atoms with Crippen LogP contribution in [0.15, 0.2) is 65.1 Å². The van der Waals surface area contributed by atoms with Crippen molar-refractivity contribution in [1.29, 1.82) is 0 Å². The lowest BCUT2D eigenvalue weighted by Crippen LogP contribution is -2.43. The Morgan fingerprint density at radius 2 is 1.70 bits per heavy atom. The van der Waals surface area contributed by atoms with Gasteiger partial charge in [0.25, 0.3) is 0 Å². The average molecular weight is 488 g/mol. The molecule has 0 bridgehead atoms. The minimum Gasteiger partial charge on any atom is -0.459 e. The van der Waals surface area contributed by atoms with Crippen molar-refractivity contribution in [3.8, 4) is 0 Å². The van der Waals surface area contributed by atoms with E-state index in [2.05, 4.69) is 0 Å². The van der Waals surface area contributed by atoms with E-state index >= 15 is 0 Å². The molecule has 1 aliphatic heterocycles. The molecule has 174 valence electrons. The molecule has 6 nitrogen and oxygen atoms in total. The van der Waals surface area contributed by atoms with Gasteiger partial charge in [-0.15, -0.1) is 0 Å². The van der Waals surface area contributed by atoms with Crippen molar-refractivity contribution >= 4 is 33.4 Å². The van der Waals surface area contributed by atoms with Crippen LogP contribution in [0.25, 0.3) is 0 Å². The van der Waals surface area contributed by atoms with Gasteiger partial charge in [-0.2, -0.15) is 4.31 Å². The predicted molar refractivity (Wildman–Crippen MR) is 125 cm³/mol. The number of esters is 1. The number of allylic oxidation sites excluding steroid dienone is 1. The van der Waals surface area contributed by atoms with Crippen molar-refractivity contribution in [3.05, 3.63) is 76.3 Å². The highest BCUT2D eigenvalue weighted by Gasteiger charge is 2.63. The Bertz CT molecular complexity index is 1240. The van der Waals surface area contributed by atoms with Gasteiger partial charge in [0.1, 0.15) is 11.0 Å². The molecule has 1 saturated heterocycles. The van der Waals surface area contributed by atoms with Crippen molar-refractivity contribution in [3.63, 3.8) is 0 Å². The maximum Gasteiger partial charge on any atom is 0.319 e. The van der Waals surface area contributed by atoms with Crippen molar-refractivity contribution in [2.45, 2.75) is 50.7 Å². The Kier molecular flexibility index (Phi) is 5.79. The Balaban J connectivity index is 1.92. The molecule has 0 spiro atoms. The van der Waals surface area contributed by atoms with Gasteiger partial charge in [-0.1, -0.05) is 41.4 Å². The number of benzene rings is 2. The number of hydrogen-bond donors (Lipinski definition) is 0. The van der Waals surface area contributed by atoms with Gasteiger partial charge < -0.3 is 4.74 Å². The zero-order valence-corrected chi connectivity index (χ0v) is 20.5. The van der Waals surface area contributed by atoms with Crippen molar-refractivity contribution in [1.82, 2.24) is 4.31 Å². The van der Waals surface area contributed by atoms with Crippen LogP contribution < -0.4 is 0 Å². The van der Waals surface area contributed by atoms with Gasteiger partial charge in [0, 0.05) is 18.0 Å². The van der Waals surface area contributed by atoms with Crippen molar-refractivity contribution in [2.75, 3.05) is 6.54 Å². The molecule has 1 heterocycles. The smallest absolute Gasteiger partial charge is 0.319 e. The quantitative estimate of drug-likeness (QED) is 0.588. The maximum absolute atomic E-state index is 13.8. The first-order valence-corrected chi connectivity index (χ1v) is 12.5. The highest BCUT2D eigenvalue weighted by Crippen LogP contribution is 2.58. The number of carbonyl (C=O) groups excluding carboxylic acids is 2. The van der Waals surface area contributed by atoms with Crippen LogP contribution in [0.4, 0.5) is 0 Å². The van der Waals surface area contributed by atoms with Crippen LogP contribution >= 0.6 is 11.6 Å². The van der Waals surface area contributed by atoms with Gasteiger partial charge in [-0.3, -0.25) is 9.59 Å². The highest BCUT2D eigenvalue weighted by atomic mass is 35.5. The van der Waals surface area contributed by atoms with Gasteiger partial charge in [-0.05, 0) is 69.2 Å². The molecule has 1 fully saturated rings. The third-order valence-corrected chi connectivity index (χ3v) is 8.10. The first-order valence-electron chi connectivity index (χ1n) is 10.7. The molecule has 2 aliphatic rings. The number of halogens is 1. The van der Waals surface area contributed by atoms with Gasteiger partial charge >= 0.3 is 5.97 Å².